The van der Waals surface area contributed by atoms with Crippen LogP contribution in [0.1, 0.15) is 62.6 Å². The number of piperidine rings is 1. The number of sulfonamides is 1. The topological polar surface area (TPSA) is 88.8 Å². The lowest BCUT2D eigenvalue weighted by molar-refractivity contribution is 0.0511. The van der Waals surface area contributed by atoms with Crippen LogP contribution in [-0.2, 0) is 10.0 Å². The molecule has 5 rings (SSSR count). The molecule has 0 radical (unpaired) electrons. The van der Waals surface area contributed by atoms with E-state index >= 15 is 0 Å². The number of anilines is 1. The Hall–Kier alpha value is -2.07. The minimum Gasteiger partial charge on any atom is -0.493 e. The molecule has 1 aromatic carbocycles. The second-order valence-corrected chi connectivity index (χ2v) is 13.1. The van der Waals surface area contributed by atoms with E-state index in [1.165, 1.54) is 0 Å². The van der Waals surface area contributed by atoms with Crippen molar-refractivity contribution in [3.05, 3.63) is 51.6 Å². The van der Waals surface area contributed by atoms with E-state index < -0.39 is 10.0 Å². The Kier molecular flexibility index (Phi) is 6.87. The van der Waals surface area contributed by atoms with Crippen LogP contribution < -0.4 is 9.46 Å². The number of ether oxygens (including phenoxy) is 1. The smallest absolute Gasteiger partial charge is 0.242 e. The maximum Gasteiger partial charge on any atom is 0.242 e. The highest BCUT2D eigenvalue weighted by molar-refractivity contribution is 7.92. The van der Waals surface area contributed by atoms with Crippen molar-refractivity contribution in [3.8, 4) is 5.75 Å². The lowest BCUT2D eigenvalue weighted by Gasteiger charge is -2.42. The van der Waals surface area contributed by atoms with Gasteiger partial charge in [0.05, 0.1) is 12.9 Å². The van der Waals surface area contributed by atoms with Gasteiger partial charge in [0.25, 0.3) is 0 Å². The van der Waals surface area contributed by atoms with E-state index in [9.17, 15) is 8.42 Å². The summed E-state index contributed by atoms with van der Waals surface area (Å²) in [5.74, 6) is 1.42. The molecule has 0 bridgehead atoms. The molecule has 3 aromatic rings. The molecule has 0 spiro atoms. The number of fused-ring (bicyclic) bond motifs is 1. The van der Waals surface area contributed by atoms with Crippen molar-refractivity contribution in [1.82, 2.24) is 19.5 Å². The Morgan fingerprint density at radius 1 is 1.14 bits per heavy atom. The number of benzene rings is 1. The van der Waals surface area contributed by atoms with Crippen molar-refractivity contribution in [2.45, 2.75) is 51.5 Å². The lowest BCUT2D eigenvalue weighted by Crippen LogP contribution is -2.42. The average molecular weight is 553 g/mol. The summed E-state index contributed by atoms with van der Waals surface area (Å²) in [6, 6.07) is 7.85. The molecular formula is C25H31Cl2N5O3S. The van der Waals surface area contributed by atoms with E-state index in [-0.39, 0.29) is 17.4 Å². The molecule has 2 aliphatic rings. The predicted octanol–water partition coefficient (Wildman–Crippen LogP) is 5.53. The Balaban J connectivity index is 1.27. The fourth-order valence-electron chi connectivity index (χ4n) is 4.87. The van der Waals surface area contributed by atoms with Crippen LogP contribution in [0.4, 0.5) is 5.95 Å². The van der Waals surface area contributed by atoms with Gasteiger partial charge in [-0.3, -0.25) is 14.0 Å². The number of hydrogen-bond acceptors (Lipinski definition) is 6. The summed E-state index contributed by atoms with van der Waals surface area (Å²) in [5, 5.41) is 9.48. The van der Waals surface area contributed by atoms with Gasteiger partial charge in [-0.1, -0.05) is 30.1 Å². The highest BCUT2D eigenvalue weighted by Gasteiger charge is 2.34. The van der Waals surface area contributed by atoms with Crippen LogP contribution >= 0.6 is 23.2 Å². The molecular weight excluding hydrogens is 521 g/mol. The van der Waals surface area contributed by atoms with E-state index in [0.29, 0.717) is 28.2 Å². The molecule has 194 valence electrons. The van der Waals surface area contributed by atoms with Crippen LogP contribution in [0, 0.1) is 5.41 Å². The van der Waals surface area contributed by atoms with E-state index in [4.69, 9.17) is 27.9 Å². The molecule has 8 nitrogen and oxygen atoms in total. The Morgan fingerprint density at radius 3 is 2.42 bits per heavy atom. The lowest BCUT2D eigenvalue weighted by atomic mass is 9.80. The van der Waals surface area contributed by atoms with E-state index in [1.807, 2.05) is 24.4 Å². The maximum absolute atomic E-state index is 11.7. The van der Waals surface area contributed by atoms with Gasteiger partial charge in [0, 0.05) is 39.3 Å². The van der Waals surface area contributed by atoms with Crippen molar-refractivity contribution in [3.63, 3.8) is 0 Å². The number of aromatic nitrogens is 3. The first-order chi connectivity index (χ1) is 17.0. The van der Waals surface area contributed by atoms with Crippen molar-refractivity contribution >= 4 is 44.8 Å². The Labute approximate surface area is 222 Å². The molecule has 0 unspecified atom stereocenters. The van der Waals surface area contributed by atoms with Gasteiger partial charge in [-0.25, -0.2) is 8.42 Å². The molecule has 0 amide bonds. The van der Waals surface area contributed by atoms with Crippen LogP contribution in [0.3, 0.4) is 0 Å². The summed E-state index contributed by atoms with van der Waals surface area (Å²) in [6.45, 7) is 7.01. The summed E-state index contributed by atoms with van der Waals surface area (Å²) in [7, 11) is -3.45. The third kappa shape index (κ3) is 5.74. The zero-order chi connectivity index (χ0) is 25.7. The molecule has 1 atom stereocenters. The van der Waals surface area contributed by atoms with Crippen molar-refractivity contribution in [2.24, 2.45) is 5.41 Å². The van der Waals surface area contributed by atoms with Crippen molar-refractivity contribution < 1.29 is 13.2 Å². The molecule has 11 heteroatoms. The van der Waals surface area contributed by atoms with Crippen molar-refractivity contribution in [1.29, 1.82) is 0 Å². The number of nitrogens with one attached hydrogen (secondary N) is 1. The van der Waals surface area contributed by atoms with Gasteiger partial charge in [-0.05, 0) is 75.4 Å². The first kappa shape index (κ1) is 25.6. The molecule has 1 saturated heterocycles. The van der Waals surface area contributed by atoms with Crippen LogP contribution in [-0.4, -0.2) is 53.9 Å². The molecule has 1 saturated carbocycles. The third-order valence-electron chi connectivity index (χ3n) is 7.33. The normalized spacial score (nSPS) is 19.4. The molecule has 1 N–H and O–H groups in total. The molecule has 3 heterocycles. The molecule has 2 aromatic heterocycles. The second-order valence-electron chi connectivity index (χ2n) is 10.5. The second kappa shape index (κ2) is 9.67. The van der Waals surface area contributed by atoms with Gasteiger partial charge < -0.3 is 4.74 Å². The van der Waals surface area contributed by atoms with Gasteiger partial charge >= 0.3 is 0 Å². The highest BCUT2D eigenvalue weighted by Crippen LogP contribution is 2.45. The zero-order valence-corrected chi connectivity index (χ0v) is 23.0. The fraction of sp³-hybridized carbons (Fsp3) is 0.520. The van der Waals surface area contributed by atoms with Crippen LogP contribution in [0.2, 0.25) is 10.0 Å². The van der Waals surface area contributed by atoms with Crippen LogP contribution in [0.25, 0.3) is 5.65 Å². The average Bonchev–Trinajstić information content (AvgIpc) is 3.58. The van der Waals surface area contributed by atoms with Gasteiger partial charge in [-0.2, -0.15) is 0 Å². The number of pyridine rings is 1. The number of nitrogens with zero attached hydrogens (tertiary/aromatic N) is 4. The first-order valence-corrected chi connectivity index (χ1v) is 14.8. The minimum absolute atomic E-state index is 0.0474. The molecule has 2 fully saturated rings. The first-order valence-electron chi connectivity index (χ1n) is 12.2. The summed E-state index contributed by atoms with van der Waals surface area (Å²) in [5.41, 5.74) is 2.81. The third-order valence-corrected chi connectivity index (χ3v) is 8.32. The van der Waals surface area contributed by atoms with Gasteiger partial charge in [-0.15, -0.1) is 10.2 Å². The van der Waals surface area contributed by atoms with Gasteiger partial charge in [0.15, 0.2) is 5.65 Å². The van der Waals surface area contributed by atoms with Gasteiger partial charge in [0.2, 0.25) is 16.0 Å². The number of rotatable bonds is 8. The number of hydrogen-bond donors (Lipinski definition) is 1. The molecule has 1 aliphatic carbocycles. The van der Waals surface area contributed by atoms with E-state index in [0.717, 1.165) is 61.9 Å². The maximum atomic E-state index is 11.7. The summed E-state index contributed by atoms with van der Waals surface area (Å²) in [6.07, 6.45) is 7.23. The van der Waals surface area contributed by atoms with Gasteiger partial charge in [0.1, 0.15) is 5.75 Å². The highest BCUT2D eigenvalue weighted by atomic mass is 35.5. The van der Waals surface area contributed by atoms with Crippen LogP contribution in [0.5, 0.6) is 5.75 Å². The number of likely N-dealkylation sites (tertiary alicyclic amines) is 1. The predicted molar refractivity (Wildman–Crippen MR) is 143 cm³/mol. The quantitative estimate of drug-likeness (QED) is 0.396. The summed E-state index contributed by atoms with van der Waals surface area (Å²) < 4.78 is 33.9. The Bertz CT molecular complexity index is 1360. The zero-order valence-electron chi connectivity index (χ0n) is 20.7. The fourth-order valence-corrected chi connectivity index (χ4v) is 5.88. The van der Waals surface area contributed by atoms with Crippen molar-refractivity contribution in [2.75, 3.05) is 30.7 Å². The summed E-state index contributed by atoms with van der Waals surface area (Å²) in [4.78, 5) is 2.47. The standard InChI is InChI=1S/C25H31Cl2N5O3S/c1-16(18-10-19(26)12-20(27)11-18)31-8-6-25(2,7-9-31)15-35-22-13-23-28-29-24(30-36(3,33)34)32(23)14-21(22)17-4-5-17/h10-14,16-17H,4-9,15H2,1-3H3,(H,29,30)/t16-/m0/s1. The minimum atomic E-state index is -3.45. The SMILES string of the molecule is C[C@@H](c1cc(Cl)cc(Cl)c1)N1CCC(C)(COc2cc3nnc(NS(C)(=O)=O)n3cc2C2CC2)CC1. The molecule has 36 heavy (non-hydrogen) atoms. The monoisotopic (exact) mass is 551 g/mol. The van der Waals surface area contributed by atoms with E-state index in [2.05, 4.69) is 33.7 Å². The summed E-state index contributed by atoms with van der Waals surface area (Å²) >= 11 is 12.4. The largest absolute Gasteiger partial charge is 0.493 e. The van der Waals surface area contributed by atoms with Crippen LogP contribution in [0.15, 0.2) is 30.5 Å². The number of halogens is 2. The Morgan fingerprint density at radius 2 is 1.81 bits per heavy atom. The molecule has 1 aliphatic heterocycles. The van der Waals surface area contributed by atoms with E-state index in [1.54, 1.807) is 10.5 Å².